The minimum atomic E-state index is -0.689. The van der Waals surface area contributed by atoms with Crippen LogP contribution in [0.3, 0.4) is 0 Å². The summed E-state index contributed by atoms with van der Waals surface area (Å²) in [4.78, 5) is 47.6. The summed E-state index contributed by atoms with van der Waals surface area (Å²) in [7, 11) is 3.95. The molecular weight excluding hydrogens is 406 g/mol. The lowest BCUT2D eigenvalue weighted by Crippen LogP contribution is -2.21. The lowest BCUT2D eigenvalue weighted by Gasteiger charge is -2.10. The summed E-state index contributed by atoms with van der Waals surface area (Å²) >= 11 is 0. The minimum absolute atomic E-state index is 0.0530. The zero-order valence-electron chi connectivity index (χ0n) is 17.4. The SMILES string of the molecule is COC(=O)c1cc(NC(=O)COC(=O)CCc2ccc(OC)cc2)cc(C(=O)OC)c1. The van der Waals surface area contributed by atoms with Crippen molar-refractivity contribution < 1.29 is 38.1 Å². The van der Waals surface area contributed by atoms with Crippen LogP contribution in [0, 0.1) is 0 Å². The molecule has 0 spiro atoms. The van der Waals surface area contributed by atoms with E-state index in [1.807, 2.05) is 12.1 Å². The molecule has 1 amide bonds. The molecule has 0 saturated carbocycles. The second-order valence-corrected chi connectivity index (χ2v) is 6.34. The Balaban J connectivity index is 1.91. The maximum Gasteiger partial charge on any atom is 0.337 e. The Bertz CT molecular complexity index is 918. The van der Waals surface area contributed by atoms with E-state index in [0.29, 0.717) is 6.42 Å². The molecule has 0 atom stereocenters. The molecule has 2 aromatic carbocycles. The predicted octanol–water partition coefficient (Wildman–Crippen LogP) is 2.38. The maximum absolute atomic E-state index is 12.1. The average molecular weight is 429 g/mol. The van der Waals surface area contributed by atoms with Crippen LogP contribution in [0.15, 0.2) is 42.5 Å². The number of ether oxygens (including phenoxy) is 4. The molecular formula is C22H23NO8. The van der Waals surface area contributed by atoms with Crippen molar-refractivity contribution in [2.24, 2.45) is 0 Å². The van der Waals surface area contributed by atoms with Gasteiger partial charge in [-0.2, -0.15) is 0 Å². The third-order valence-electron chi connectivity index (χ3n) is 4.20. The number of aryl methyl sites for hydroxylation is 1. The summed E-state index contributed by atoms with van der Waals surface area (Å²) in [5.41, 5.74) is 1.19. The van der Waals surface area contributed by atoms with Gasteiger partial charge in [0.2, 0.25) is 0 Å². The lowest BCUT2D eigenvalue weighted by atomic mass is 10.1. The monoisotopic (exact) mass is 429 g/mol. The van der Waals surface area contributed by atoms with Crippen molar-refractivity contribution in [3.63, 3.8) is 0 Å². The number of esters is 3. The zero-order chi connectivity index (χ0) is 22.8. The van der Waals surface area contributed by atoms with Crippen LogP contribution in [0.2, 0.25) is 0 Å². The molecule has 0 saturated heterocycles. The van der Waals surface area contributed by atoms with Gasteiger partial charge in [-0.05, 0) is 42.3 Å². The highest BCUT2D eigenvalue weighted by atomic mass is 16.5. The van der Waals surface area contributed by atoms with Gasteiger partial charge in [-0.25, -0.2) is 9.59 Å². The van der Waals surface area contributed by atoms with Gasteiger partial charge in [0.25, 0.3) is 5.91 Å². The van der Waals surface area contributed by atoms with E-state index >= 15 is 0 Å². The third-order valence-corrected chi connectivity index (χ3v) is 4.20. The summed E-state index contributed by atoms with van der Waals surface area (Å²) in [6, 6.07) is 11.2. The molecule has 0 aliphatic rings. The van der Waals surface area contributed by atoms with Crippen LogP contribution in [0.4, 0.5) is 5.69 Å². The van der Waals surface area contributed by atoms with Gasteiger partial charge in [0, 0.05) is 12.1 Å². The highest BCUT2D eigenvalue weighted by Crippen LogP contribution is 2.17. The van der Waals surface area contributed by atoms with E-state index in [9.17, 15) is 19.2 Å². The molecule has 9 heteroatoms. The number of carbonyl (C=O) groups is 4. The Morgan fingerprint density at radius 3 is 1.94 bits per heavy atom. The molecule has 0 radical (unpaired) electrons. The summed E-state index contributed by atoms with van der Waals surface area (Å²) in [6.45, 7) is -0.516. The summed E-state index contributed by atoms with van der Waals surface area (Å²) in [5, 5.41) is 2.48. The number of carbonyl (C=O) groups excluding carboxylic acids is 4. The van der Waals surface area contributed by atoms with E-state index in [4.69, 9.17) is 9.47 Å². The van der Waals surface area contributed by atoms with Crippen molar-refractivity contribution in [2.75, 3.05) is 33.3 Å². The number of benzene rings is 2. The van der Waals surface area contributed by atoms with Gasteiger partial charge in [-0.1, -0.05) is 12.1 Å². The lowest BCUT2D eigenvalue weighted by molar-refractivity contribution is -0.147. The summed E-state index contributed by atoms with van der Waals surface area (Å²) < 4.78 is 19.3. The van der Waals surface area contributed by atoms with Gasteiger partial charge >= 0.3 is 17.9 Å². The largest absolute Gasteiger partial charge is 0.497 e. The standard InChI is InChI=1S/C22H23NO8/c1-28-18-7-4-14(5-8-18)6-9-20(25)31-13-19(24)23-17-11-15(21(26)29-2)10-16(12-17)22(27)30-3/h4-5,7-8,10-12H,6,9,13H2,1-3H3,(H,23,24). The highest BCUT2D eigenvalue weighted by Gasteiger charge is 2.15. The van der Waals surface area contributed by atoms with Crippen molar-refractivity contribution in [1.82, 2.24) is 0 Å². The van der Waals surface area contributed by atoms with Gasteiger partial charge in [0.05, 0.1) is 32.5 Å². The fraction of sp³-hybridized carbons (Fsp3) is 0.273. The van der Waals surface area contributed by atoms with Crippen LogP contribution in [0.1, 0.15) is 32.7 Å². The van der Waals surface area contributed by atoms with Crippen LogP contribution < -0.4 is 10.1 Å². The van der Waals surface area contributed by atoms with Crippen molar-refractivity contribution in [1.29, 1.82) is 0 Å². The number of methoxy groups -OCH3 is 3. The predicted molar refractivity (Wildman–Crippen MR) is 110 cm³/mol. The molecule has 0 aliphatic carbocycles. The van der Waals surface area contributed by atoms with E-state index in [1.165, 1.54) is 32.4 Å². The van der Waals surface area contributed by atoms with Gasteiger partial charge in [0.1, 0.15) is 5.75 Å². The minimum Gasteiger partial charge on any atom is -0.497 e. The Kier molecular flexibility index (Phi) is 8.56. The number of rotatable bonds is 9. The van der Waals surface area contributed by atoms with Crippen LogP contribution in [0.25, 0.3) is 0 Å². The van der Waals surface area contributed by atoms with E-state index < -0.39 is 30.4 Å². The Hall–Kier alpha value is -3.88. The molecule has 2 rings (SSSR count). The molecule has 0 aliphatic heterocycles. The number of amides is 1. The Morgan fingerprint density at radius 1 is 0.839 bits per heavy atom. The molecule has 164 valence electrons. The summed E-state index contributed by atoms with van der Waals surface area (Å²) in [6.07, 6.45) is 0.554. The van der Waals surface area contributed by atoms with Crippen molar-refractivity contribution >= 4 is 29.5 Å². The van der Waals surface area contributed by atoms with E-state index in [-0.39, 0.29) is 23.2 Å². The average Bonchev–Trinajstić information content (AvgIpc) is 2.80. The Labute approximate surface area is 179 Å². The number of anilines is 1. The van der Waals surface area contributed by atoms with Gasteiger partial charge < -0.3 is 24.3 Å². The van der Waals surface area contributed by atoms with Crippen LogP contribution in [-0.4, -0.2) is 51.8 Å². The van der Waals surface area contributed by atoms with Crippen molar-refractivity contribution in [3.05, 3.63) is 59.2 Å². The first-order chi connectivity index (χ1) is 14.9. The van der Waals surface area contributed by atoms with Crippen LogP contribution in [-0.2, 0) is 30.2 Å². The van der Waals surface area contributed by atoms with Gasteiger partial charge in [-0.3, -0.25) is 9.59 Å². The first kappa shape index (κ1) is 23.4. The normalized spacial score (nSPS) is 10.0. The maximum atomic E-state index is 12.1. The second-order valence-electron chi connectivity index (χ2n) is 6.34. The molecule has 9 nitrogen and oxygen atoms in total. The first-order valence-electron chi connectivity index (χ1n) is 9.26. The number of nitrogens with one attached hydrogen (secondary N) is 1. The van der Waals surface area contributed by atoms with Crippen molar-refractivity contribution in [3.8, 4) is 5.75 Å². The van der Waals surface area contributed by atoms with Crippen LogP contribution in [0.5, 0.6) is 5.75 Å². The van der Waals surface area contributed by atoms with Gasteiger partial charge in [-0.15, -0.1) is 0 Å². The molecule has 1 N–H and O–H groups in total. The van der Waals surface area contributed by atoms with E-state index in [1.54, 1.807) is 19.2 Å². The number of hydrogen-bond donors (Lipinski definition) is 1. The molecule has 31 heavy (non-hydrogen) atoms. The van der Waals surface area contributed by atoms with Crippen molar-refractivity contribution in [2.45, 2.75) is 12.8 Å². The molecule has 2 aromatic rings. The molecule has 0 unspecified atom stereocenters. The Morgan fingerprint density at radius 2 is 1.42 bits per heavy atom. The highest BCUT2D eigenvalue weighted by molar-refractivity contribution is 6.00. The topological polar surface area (TPSA) is 117 Å². The number of hydrogen-bond acceptors (Lipinski definition) is 8. The van der Waals surface area contributed by atoms with E-state index in [2.05, 4.69) is 14.8 Å². The third kappa shape index (κ3) is 7.14. The molecule has 0 bridgehead atoms. The summed E-state index contributed by atoms with van der Waals surface area (Å²) in [5.74, 6) is -1.83. The van der Waals surface area contributed by atoms with Crippen LogP contribution >= 0.6 is 0 Å². The van der Waals surface area contributed by atoms with E-state index in [0.717, 1.165) is 11.3 Å². The fourth-order valence-electron chi connectivity index (χ4n) is 2.63. The zero-order valence-corrected chi connectivity index (χ0v) is 17.4. The second kappa shape index (κ2) is 11.3. The fourth-order valence-corrected chi connectivity index (χ4v) is 2.63. The quantitative estimate of drug-likeness (QED) is 0.477. The smallest absolute Gasteiger partial charge is 0.337 e. The molecule has 0 heterocycles. The molecule has 0 fully saturated rings. The van der Waals surface area contributed by atoms with Gasteiger partial charge in [0.15, 0.2) is 6.61 Å². The molecule has 0 aromatic heterocycles. The first-order valence-corrected chi connectivity index (χ1v) is 9.26.